The predicted molar refractivity (Wildman–Crippen MR) is 44.8 cm³/mol. The summed E-state index contributed by atoms with van der Waals surface area (Å²) < 4.78 is 0. The minimum atomic E-state index is -4.42. The summed E-state index contributed by atoms with van der Waals surface area (Å²) in [4.78, 5) is 27.2. The summed E-state index contributed by atoms with van der Waals surface area (Å²) in [7, 11) is -4.42. The molecule has 0 aromatic carbocycles. The molecule has 0 aromatic heterocycles. The topological polar surface area (TPSA) is 60.7 Å². The van der Waals surface area contributed by atoms with Crippen LogP contribution in [0.15, 0.2) is 0 Å². The van der Waals surface area contributed by atoms with Crippen LogP contribution < -0.4 is 0 Å². The summed E-state index contributed by atoms with van der Waals surface area (Å²) in [6.07, 6.45) is -0.361. The summed E-state index contributed by atoms with van der Waals surface area (Å²) in [6.45, 7) is 0. The zero-order chi connectivity index (χ0) is 8.28. The second kappa shape index (κ2) is 3.53. The van der Waals surface area contributed by atoms with Crippen LogP contribution in [0.3, 0.4) is 0 Å². The van der Waals surface area contributed by atoms with E-state index >= 15 is 0 Å². The second-order valence-electron chi connectivity index (χ2n) is 2.17. The van der Waals surface area contributed by atoms with E-state index in [1.165, 1.54) is 0 Å². The van der Waals surface area contributed by atoms with Crippen molar-refractivity contribution in [1.82, 2.24) is 0 Å². The molecule has 3 nitrogen and oxygen atoms in total. The van der Waals surface area contributed by atoms with Crippen molar-refractivity contribution in [2.24, 2.45) is 0 Å². The van der Waals surface area contributed by atoms with Crippen LogP contribution >= 0.6 is 30.5 Å². The van der Waals surface area contributed by atoms with Crippen LogP contribution in [-0.4, -0.2) is 38.8 Å². The monoisotopic (exact) mass is 208 g/mol. The van der Waals surface area contributed by atoms with E-state index in [1.54, 1.807) is 0 Å². The summed E-state index contributed by atoms with van der Waals surface area (Å²) >= 11 is 10.4. The molecule has 0 aliphatic heterocycles. The summed E-state index contributed by atoms with van der Waals surface area (Å²) in [5.41, 5.74) is 0. The molecule has 0 radical (unpaired) electrons. The fraction of sp³-hybridized carbons (Fsp3) is 1.00. The zero-order valence-corrected chi connectivity index (χ0v) is 7.78. The van der Waals surface area contributed by atoms with Crippen molar-refractivity contribution < 1.29 is 14.7 Å². The first kappa shape index (κ1) is 10.9. The molecule has 64 valence electrons. The van der Waals surface area contributed by atoms with Crippen molar-refractivity contribution >= 4 is 30.5 Å². The van der Waals surface area contributed by atoms with Crippen LogP contribution in [-0.2, 0) is 0 Å². The maximum absolute atomic E-state index is 9.05. The van der Waals surface area contributed by atoms with Gasteiger partial charge in [-0.05, 0) is 0 Å². The number of hydrogen-bond donors (Lipinski definition) is 3. The van der Waals surface area contributed by atoms with Gasteiger partial charge in [-0.15, -0.1) is 0 Å². The number of rotatable bonds is 4. The van der Waals surface area contributed by atoms with Crippen molar-refractivity contribution in [3.05, 3.63) is 0 Å². The first-order chi connectivity index (χ1) is 4.39. The fourth-order valence-electron chi connectivity index (χ4n) is 0.458. The third-order valence-corrected chi connectivity index (χ3v) is 4.27. The number of alkyl halides is 2. The minimum absolute atomic E-state index is 0.0260. The van der Waals surface area contributed by atoms with Gasteiger partial charge in [0.25, 0.3) is 0 Å². The molecule has 0 saturated heterocycles. The third kappa shape index (κ3) is 4.67. The molecule has 0 heterocycles. The van der Waals surface area contributed by atoms with E-state index in [1.807, 2.05) is 0 Å². The summed E-state index contributed by atoms with van der Waals surface area (Å²) in [5.74, 6) is 0.0520. The van der Waals surface area contributed by atoms with Crippen LogP contribution in [0.5, 0.6) is 0 Å². The summed E-state index contributed by atoms with van der Waals surface area (Å²) in [6, 6.07) is 0. The van der Waals surface area contributed by atoms with Gasteiger partial charge in [0.1, 0.15) is 0 Å². The van der Waals surface area contributed by atoms with Gasteiger partial charge in [-0.3, -0.25) is 0 Å². The van der Waals surface area contributed by atoms with Gasteiger partial charge in [0, 0.05) is 0 Å². The Labute approximate surface area is 69.8 Å². The molecule has 0 aliphatic rings. The Hall–Kier alpha value is 0.890. The molecule has 0 unspecified atom stereocenters. The van der Waals surface area contributed by atoms with Gasteiger partial charge >= 0.3 is 69.3 Å². The van der Waals surface area contributed by atoms with Crippen LogP contribution in [0, 0.1) is 0 Å². The summed E-state index contributed by atoms with van der Waals surface area (Å²) in [5, 5.41) is 0. The van der Waals surface area contributed by atoms with E-state index < -0.39 is 7.28 Å². The molecule has 3 N–H and O–H groups in total. The molecular weight excluding hydrogens is 198 g/mol. The fourth-order valence-corrected chi connectivity index (χ4v) is 3.45. The van der Waals surface area contributed by atoms with Crippen LogP contribution in [0.1, 0.15) is 0 Å². The Morgan fingerprint density at radius 1 is 0.900 bits per heavy atom. The van der Waals surface area contributed by atoms with Gasteiger partial charge in [-0.2, -0.15) is 0 Å². The van der Waals surface area contributed by atoms with Gasteiger partial charge in [-0.25, -0.2) is 0 Å². The molecule has 0 atom stereocenters. The first-order valence-electron chi connectivity index (χ1n) is 2.77. The van der Waals surface area contributed by atoms with E-state index in [0.717, 1.165) is 0 Å². The van der Waals surface area contributed by atoms with Gasteiger partial charge in [-0.1, -0.05) is 0 Å². The molecular formula is C4H11Cl2O3P. The zero-order valence-electron chi connectivity index (χ0n) is 5.37. The standard InChI is InChI=1S/C4H11Cl2O3P/c5-1-3-10(7,8,9)4-2-6/h7-9H,1-4H2. The molecule has 0 fully saturated rings. The average molecular weight is 209 g/mol. The maximum atomic E-state index is 9.05. The third-order valence-electron chi connectivity index (χ3n) is 1.09. The SMILES string of the molecule is OP(O)(O)(CCCl)CCCl. The van der Waals surface area contributed by atoms with Gasteiger partial charge < -0.3 is 0 Å². The number of hydrogen-bond acceptors (Lipinski definition) is 3. The normalized spacial score (nSPS) is 16.3. The van der Waals surface area contributed by atoms with Crippen molar-refractivity contribution in [2.75, 3.05) is 24.1 Å². The Morgan fingerprint density at radius 2 is 1.20 bits per heavy atom. The van der Waals surface area contributed by atoms with Gasteiger partial charge in [0.05, 0.1) is 0 Å². The van der Waals surface area contributed by atoms with Gasteiger partial charge in [0.15, 0.2) is 0 Å². The molecule has 0 aliphatic carbocycles. The van der Waals surface area contributed by atoms with E-state index in [2.05, 4.69) is 0 Å². The van der Waals surface area contributed by atoms with E-state index in [0.29, 0.717) is 0 Å². The predicted octanol–water partition coefficient (Wildman–Crippen LogP) is 0.739. The Bertz CT molecular complexity index is 101. The van der Waals surface area contributed by atoms with Crippen molar-refractivity contribution in [2.45, 2.75) is 0 Å². The quantitative estimate of drug-likeness (QED) is 0.472. The molecule has 10 heavy (non-hydrogen) atoms. The van der Waals surface area contributed by atoms with Crippen LogP contribution in [0.4, 0.5) is 0 Å². The molecule has 0 spiro atoms. The van der Waals surface area contributed by atoms with Gasteiger partial charge in [0.2, 0.25) is 0 Å². The van der Waals surface area contributed by atoms with Crippen molar-refractivity contribution in [3.8, 4) is 0 Å². The van der Waals surface area contributed by atoms with E-state index in [4.69, 9.17) is 37.9 Å². The molecule has 0 aromatic rings. The van der Waals surface area contributed by atoms with Crippen LogP contribution in [0.2, 0.25) is 0 Å². The Kier molecular flexibility index (Phi) is 3.84. The van der Waals surface area contributed by atoms with Crippen molar-refractivity contribution in [3.63, 3.8) is 0 Å². The van der Waals surface area contributed by atoms with Crippen LogP contribution in [0.25, 0.3) is 0 Å². The van der Waals surface area contributed by atoms with E-state index in [-0.39, 0.29) is 24.1 Å². The Balaban J connectivity index is 3.97. The average Bonchev–Trinajstić information content (AvgIpc) is 1.61. The Morgan fingerprint density at radius 3 is 1.40 bits per heavy atom. The van der Waals surface area contributed by atoms with E-state index in [9.17, 15) is 0 Å². The molecule has 0 saturated carbocycles. The molecule has 0 rings (SSSR count). The molecule has 0 bridgehead atoms. The van der Waals surface area contributed by atoms with Crippen molar-refractivity contribution in [1.29, 1.82) is 0 Å². The molecule has 6 heteroatoms. The second-order valence-corrected chi connectivity index (χ2v) is 6.50. The molecule has 0 amide bonds. The first-order valence-corrected chi connectivity index (χ1v) is 6.30. The number of halogens is 2.